The molecule has 0 saturated carbocycles. The third-order valence-electron chi connectivity index (χ3n) is 2.64. The van der Waals surface area contributed by atoms with Crippen LogP contribution in [0.3, 0.4) is 0 Å². The molecule has 2 aromatic heterocycles. The summed E-state index contributed by atoms with van der Waals surface area (Å²) in [6.45, 7) is 4.04. The van der Waals surface area contributed by atoms with Gasteiger partial charge >= 0.3 is 5.97 Å². The summed E-state index contributed by atoms with van der Waals surface area (Å²) in [7, 11) is 1.75. The van der Waals surface area contributed by atoms with Gasteiger partial charge in [-0.2, -0.15) is 0 Å². The highest BCUT2D eigenvalue weighted by Crippen LogP contribution is 2.17. The Labute approximate surface area is 111 Å². The molecule has 2 rings (SSSR count). The molecule has 2 N–H and O–H groups in total. The maximum Gasteiger partial charge on any atom is 0.355 e. The zero-order chi connectivity index (χ0) is 14.0. The number of hydrogen-bond donors (Lipinski definition) is 1. The Morgan fingerprint density at radius 1 is 1.47 bits per heavy atom. The first kappa shape index (κ1) is 13.1. The van der Waals surface area contributed by atoms with Crippen LogP contribution in [0, 0.1) is 0 Å². The van der Waals surface area contributed by atoms with E-state index in [-0.39, 0.29) is 12.6 Å². The fraction of sp³-hybridized carbons (Fsp3) is 0.417. The second kappa shape index (κ2) is 5.13. The van der Waals surface area contributed by atoms with Crippen LogP contribution in [0.1, 0.15) is 36.1 Å². The normalized spacial score (nSPS) is 10.9. The number of aromatic nitrogens is 4. The lowest BCUT2D eigenvalue weighted by Gasteiger charge is -2.11. The molecule has 102 valence electrons. The van der Waals surface area contributed by atoms with Crippen molar-refractivity contribution in [2.75, 3.05) is 5.73 Å². The molecular weight excluding hydrogens is 246 g/mol. The average molecular weight is 263 g/mol. The van der Waals surface area contributed by atoms with Crippen molar-refractivity contribution in [1.29, 1.82) is 0 Å². The van der Waals surface area contributed by atoms with Gasteiger partial charge in [0.1, 0.15) is 18.0 Å². The summed E-state index contributed by atoms with van der Waals surface area (Å²) in [5.74, 6) is -0.420. The van der Waals surface area contributed by atoms with Crippen LogP contribution in [0.5, 0.6) is 0 Å². The third-order valence-corrected chi connectivity index (χ3v) is 2.64. The number of esters is 1. The second-order valence-corrected chi connectivity index (χ2v) is 4.62. The number of hydrogen-bond acceptors (Lipinski definition) is 5. The van der Waals surface area contributed by atoms with E-state index in [1.54, 1.807) is 34.8 Å². The van der Waals surface area contributed by atoms with E-state index in [1.807, 2.05) is 13.8 Å². The average Bonchev–Trinajstić information content (AvgIpc) is 2.92. The first-order valence-corrected chi connectivity index (χ1v) is 5.97. The van der Waals surface area contributed by atoms with Crippen LogP contribution in [0.25, 0.3) is 0 Å². The van der Waals surface area contributed by atoms with Crippen molar-refractivity contribution in [2.45, 2.75) is 26.5 Å². The van der Waals surface area contributed by atoms with Crippen molar-refractivity contribution in [3.63, 3.8) is 0 Å². The minimum atomic E-state index is -0.420. The molecule has 0 aromatic carbocycles. The van der Waals surface area contributed by atoms with Gasteiger partial charge in [-0.15, -0.1) is 5.10 Å². The van der Waals surface area contributed by atoms with Gasteiger partial charge in [-0.1, -0.05) is 5.21 Å². The van der Waals surface area contributed by atoms with Gasteiger partial charge in [0.15, 0.2) is 0 Å². The number of anilines is 1. The smallest absolute Gasteiger partial charge is 0.355 e. The molecule has 0 amide bonds. The minimum Gasteiger partial charge on any atom is -0.454 e. The van der Waals surface area contributed by atoms with Crippen molar-refractivity contribution < 1.29 is 9.53 Å². The van der Waals surface area contributed by atoms with Gasteiger partial charge in [-0.3, -0.25) is 4.68 Å². The summed E-state index contributed by atoms with van der Waals surface area (Å²) >= 11 is 0. The Balaban J connectivity index is 2.07. The van der Waals surface area contributed by atoms with E-state index in [9.17, 15) is 4.79 Å². The van der Waals surface area contributed by atoms with Gasteiger partial charge in [0.05, 0.1) is 11.9 Å². The van der Waals surface area contributed by atoms with E-state index in [0.717, 1.165) is 0 Å². The standard InChI is InChI=1S/C12H17N5O2/c1-8(2)17-5-9(13)4-11(17)12(18)19-7-10-6-16(3)15-14-10/h4-6,8H,7,13H2,1-3H3. The van der Waals surface area contributed by atoms with Crippen molar-refractivity contribution >= 4 is 11.7 Å². The molecule has 0 aliphatic carbocycles. The van der Waals surface area contributed by atoms with Crippen LogP contribution in [-0.2, 0) is 18.4 Å². The lowest BCUT2D eigenvalue weighted by Crippen LogP contribution is -2.13. The molecule has 0 saturated heterocycles. The van der Waals surface area contributed by atoms with Gasteiger partial charge < -0.3 is 15.0 Å². The summed E-state index contributed by atoms with van der Waals surface area (Å²) in [5, 5.41) is 7.62. The molecule has 0 atom stereocenters. The number of carbonyl (C=O) groups excluding carboxylic acids is 1. The predicted octanol–water partition coefficient (Wildman–Crippen LogP) is 1.14. The van der Waals surface area contributed by atoms with Crippen LogP contribution in [0.2, 0.25) is 0 Å². The molecule has 0 aliphatic rings. The number of nitrogen functional groups attached to an aromatic ring is 1. The molecule has 0 spiro atoms. The fourth-order valence-corrected chi connectivity index (χ4v) is 1.77. The van der Waals surface area contributed by atoms with Crippen molar-refractivity contribution in [2.24, 2.45) is 7.05 Å². The molecule has 2 aromatic rings. The third kappa shape index (κ3) is 2.93. The molecule has 0 fully saturated rings. The summed E-state index contributed by atoms with van der Waals surface area (Å²) in [6.07, 6.45) is 3.42. The summed E-state index contributed by atoms with van der Waals surface area (Å²) in [4.78, 5) is 12.0. The highest BCUT2D eigenvalue weighted by atomic mass is 16.5. The molecule has 7 nitrogen and oxygen atoms in total. The van der Waals surface area contributed by atoms with Gasteiger partial charge in [0, 0.05) is 19.3 Å². The SMILES string of the molecule is CC(C)n1cc(N)cc1C(=O)OCc1cn(C)nn1. The van der Waals surface area contributed by atoms with E-state index in [4.69, 9.17) is 10.5 Å². The van der Waals surface area contributed by atoms with E-state index in [0.29, 0.717) is 17.1 Å². The zero-order valence-electron chi connectivity index (χ0n) is 11.2. The highest BCUT2D eigenvalue weighted by molar-refractivity contribution is 5.89. The number of nitrogens with two attached hydrogens (primary N) is 1. The van der Waals surface area contributed by atoms with Crippen molar-refractivity contribution in [1.82, 2.24) is 19.6 Å². The van der Waals surface area contributed by atoms with Crippen molar-refractivity contribution in [3.05, 3.63) is 29.8 Å². The quantitative estimate of drug-likeness (QED) is 0.835. The number of nitrogens with zero attached hydrogens (tertiary/aromatic N) is 4. The van der Waals surface area contributed by atoms with E-state index < -0.39 is 5.97 Å². The Kier molecular flexibility index (Phi) is 3.55. The minimum absolute atomic E-state index is 0.0931. The second-order valence-electron chi connectivity index (χ2n) is 4.62. The molecule has 2 heterocycles. The summed E-state index contributed by atoms with van der Waals surface area (Å²) < 4.78 is 8.54. The zero-order valence-corrected chi connectivity index (χ0v) is 11.2. The molecular formula is C12H17N5O2. The van der Waals surface area contributed by atoms with Crippen LogP contribution in [-0.4, -0.2) is 25.5 Å². The van der Waals surface area contributed by atoms with E-state index >= 15 is 0 Å². The number of aryl methyl sites for hydroxylation is 1. The lowest BCUT2D eigenvalue weighted by molar-refractivity contribution is 0.0453. The monoisotopic (exact) mass is 263 g/mol. The Bertz CT molecular complexity index is 585. The predicted molar refractivity (Wildman–Crippen MR) is 69.4 cm³/mol. The van der Waals surface area contributed by atoms with Gasteiger partial charge in [-0.25, -0.2) is 4.79 Å². The lowest BCUT2D eigenvalue weighted by atomic mass is 10.3. The number of ether oxygens (including phenoxy) is 1. The topological polar surface area (TPSA) is 88.0 Å². The van der Waals surface area contributed by atoms with E-state index in [1.165, 1.54) is 0 Å². The first-order chi connectivity index (χ1) is 8.97. The highest BCUT2D eigenvalue weighted by Gasteiger charge is 2.16. The molecule has 19 heavy (non-hydrogen) atoms. The first-order valence-electron chi connectivity index (χ1n) is 5.97. The maximum atomic E-state index is 12.0. The molecule has 0 unspecified atom stereocenters. The Morgan fingerprint density at radius 2 is 2.21 bits per heavy atom. The van der Waals surface area contributed by atoms with Crippen LogP contribution < -0.4 is 5.73 Å². The van der Waals surface area contributed by atoms with Crippen LogP contribution in [0.15, 0.2) is 18.5 Å². The van der Waals surface area contributed by atoms with Gasteiger partial charge in [-0.05, 0) is 19.9 Å². The molecule has 0 bridgehead atoms. The Morgan fingerprint density at radius 3 is 2.79 bits per heavy atom. The maximum absolute atomic E-state index is 12.0. The number of rotatable bonds is 4. The summed E-state index contributed by atoms with van der Waals surface area (Å²) in [5.41, 5.74) is 7.30. The fourth-order valence-electron chi connectivity index (χ4n) is 1.77. The van der Waals surface area contributed by atoms with Crippen LogP contribution in [0.4, 0.5) is 5.69 Å². The molecule has 0 aliphatic heterocycles. The van der Waals surface area contributed by atoms with Crippen molar-refractivity contribution in [3.8, 4) is 0 Å². The number of carbonyl (C=O) groups is 1. The van der Waals surface area contributed by atoms with Crippen LogP contribution >= 0.6 is 0 Å². The summed E-state index contributed by atoms with van der Waals surface area (Å²) in [6, 6.07) is 1.75. The van der Waals surface area contributed by atoms with E-state index in [2.05, 4.69) is 10.3 Å². The van der Waals surface area contributed by atoms with Gasteiger partial charge in [0.2, 0.25) is 0 Å². The molecule has 0 radical (unpaired) electrons. The molecule has 7 heteroatoms. The van der Waals surface area contributed by atoms with Gasteiger partial charge in [0.25, 0.3) is 0 Å². The Hall–Kier alpha value is -2.31. The largest absolute Gasteiger partial charge is 0.454 e.